The molecule has 0 spiro atoms. The van der Waals surface area contributed by atoms with Crippen molar-refractivity contribution in [1.29, 1.82) is 0 Å². The molecule has 21 heavy (non-hydrogen) atoms. The third kappa shape index (κ3) is 4.20. The standard InChI is InChI=1S/C13H13NO5S2/c1-9-5-6-13(20-9)21(17,18)14-10-3-2-4-11(7-10)19-8-12(15)16/h2-7,14H,8H2,1H3,(H,15,16). The van der Waals surface area contributed by atoms with Crippen LogP contribution < -0.4 is 9.46 Å². The molecule has 0 aliphatic rings. The Morgan fingerprint density at radius 2 is 2.10 bits per heavy atom. The van der Waals surface area contributed by atoms with Crippen molar-refractivity contribution in [2.45, 2.75) is 11.1 Å². The normalized spacial score (nSPS) is 11.1. The average molecular weight is 327 g/mol. The maximum absolute atomic E-state index is 12.2. The Morgan fingerprint density at radius 3 is 2.71 bits per heavy atom. The van der Waals surface area contributed by atoms with Gasteiger partial charge in [0.1, 0.15) is 9.96 Å². The molecule has 0 aliphatic heterocycles. The van der Waals surface area contributed by atoms with Crippen LogP contribution in [0.3, 0.4) is 0 Å². The highest BCUT2D eigenvalue weighted by molar-refractivity contribution is 7.94. The summed E-state index contributed by atoms with van der Waals surface area (Å²) in [5.74, 6) is -0.824. The van der Waals surface area contributed by atoms with Crippen LogP contribution in [0.2, 0.25) is 0 Å². The lowest BCUT2D eigenvalue weighted by molar-refractivity contribution is -0.139. The number of hydrogen-bond acceptors (Lipinski definition) is 5. The maximum atomic E-state index is 12.2. The Bertz CT molecular complexity index is 751. The molecule has 8 heteroatoms. The van der Waals surface area contributed by atoms with Crippen LogP contribution in [-0.2, 0) is 14.8 Å². The van der Waals surface area contributed by atoms with Crippen LogP contribution in [-0.4, -0.2) is 26.1 Å². The first-order valence-corrected chi connectivity index (χ1v) is 8.21. The van der Waals surface area contributed by atoms with Crippen LogP contribution in [0.1, 0.15) is 4.88 Å². The van der Waals surface area contributed by atoms with Gasteiger partial charge in [0.15, 0.2) is 6.61 Å². The van der Waals surface area contributed by atoms with Crippen molar-refractivity contribution in [2.75, 3.05) is 11.3 Å². The van der Waals surface area contributed by atoms with Crippen LogP contribution in [0.4, 0.5) is 5.69 Å². The molecule has 0 saturated heterocycles. The zero-order valence-corrected chi connectivity index (χ0v) is 12.7. The molecule has 1 heterocycles. The quantitative estimate of drug-likeness (QED) is 0.849. The van der Waals surface area contributed by atoms with E-state index in [4.69, 9.17) is 9.84 Å². The minimum atomic E-state index is -3.64. The molecule has 2 N–H and O–H groups in total. The van der Waals surface area contributed by atoms with Gasteiger partial charge in [-0.2, -0.15) is 0 Å². The van der Waals surface area contributed by atoms with E-state index in [9.17, 15) is 13.2 Å². The first-order chi connectivity index (χ1) is 9.87. The summed E-state index contributed by atoms with van der Waals surface area (Å²) in [6, 6.07) is 9.38. The van der Waals surface area contributed by atoms with E-state index in [1.165, 1.54) is 23.5 Å². The first kappa shape index (κ1) is 15.3. The van der Waals surface area contributed by atoms with Gasteiger partial charge in [0.25, 0.3) is 10.0 Å². The van der Waals surface area contributed by atoms with E-state index in [1.54, 1.807) is 24.3 Å². The fourth-order valence-electron chi connectivity index (χ4n) is 1.56. The molecule has 1 aromatic carbocycles. The van der Waals surface area contributed by atoms with E-state index in [-0.39, 0.29) is 9.96 Å². The summed E-state index contributed by atoms with van der Waals surface area (Å²) in [5, 5.41) is 8.55. The molecule has 112 valence electrons. The highest BCUT2D eigenvalue weighted by Gasteiger charge is 2.16. The third-order valence-electron chi connectivity index (χ3n) is 2.43. The number of aliphatic carboxylic acids is 1. The zero-order chi connectivity index (χ0) is 15.5. The topological polar surface area (TPSA) is 92.7 Å². The van der Waals surface area contributed by atoms with Crippen molar-refractivity contribution >= 4 is 33.0 Å². The summed E-state index contributed by atoms with van der Waals surface area (Å²) in [6.07, 6.45) is 0. The second kappa shape index (κ2) is 6.15. The highest BCUT2D eigenvalue weighted by atomic mass is 32.2. The van der Waals surface area contributed by atoms with Crippen molar-refractivity contribution in [2.24, 2.45) is 0 Å². The molecule has 0 unspecified atom stereocenters. The van der Waals surface area contributed by atoms with Crippen molar-refractivity contribution in [1.82, 2.24) is 0 Å². The largest absolute Gasteiger partial charge is 0.482 e. The number of anilines is 1. The lowest BCUT2D eigenvalue weighted by atomic mass is 10.3. The van der Waals surface area contributed by atoms with E-state index >= 15 is 0 Å². The summed E-state index contributed by atoms with van der Waals surface area (Å²) in [4.78, 5) is 11.3. The van der Waals surface area contributed by atoms with E-state index in [2.05, 4.69) is 4.72 Å². The Kier molecular flexibility index (Phi) is 4.49. The van der Waals surface area contributed by atoms with Crippen LogP contribution in [0.25, 0.3) is 0 Å². The van der Waals surface area contributed by atoms with Gasteiger partial charge in [-0.05, 0) is 31.2 Å². The lowest BCUT2D eigenvalue weighted by Crippen LogP contribution is -2.12. The van der Waals surface area contributed by atoms with Gasteiger partial charge in [-0.1, -0.05) is 6.07 Å². The summed E-state index contributed by atoms with van der Waals surface area (Å²) in [5.41, 5.74) is 0.309. The van der Waals surface area contributed by atoms with Gasteiger partial charge in [-0.3, -0.25) is 4.72 Å². The molecule has 0 amide bonds. The Morgan fingerprint density at radius 1 is 1.33 bits per heavy atom. The number of thiophene rings is 1. The smallest absolute Gasteiger partial charge is 0.341 e. The van der Waals surface area contributed by atoms with Crippen molar-refractivity contribution < 1.29 is 23.1 Å². The monoisotopic (exact) mass is 327 g/mol. The summed E-state index contributed by atoms with van der Waals surface area (Å²) < 4.78 is 32.0. The van der Waals surface area contributed by atoms with E-state index in [0.717, 1.165) is 4.88 Å². The van der Waals surface area contributed by atoms with Crippen LogP contribution >= 0.6 is 11.3 Å². The van der Waals surface area contributed by atoms with E-state index in [0.29, 0.717) is 5.69 Å². The van der Waals surface area contributed by atoms with Gasteiger partial charge in [0, 0.05) is 10.9 Å². The molecule has 2 rings (SSSR count). The minimum absolute atomic E-state index is 0.219. The van der Waals surface area contributed by atoms with E-state index in [1.807, 2.05) is 6.92 Å². The van der Waals surface area contributed by atoms with Gasteiger partial charge in [-0.15, -0.1) is 11.3 Å². The number of hydrogen-bond donors (Lipinski definition) is 2. The van der Waals surface area contributed by atoms with Gasteiger partial charge in [-0.25, -0.2) is 13.2 Å². The number of nitrogens with one attached hydrogen (secondary N) is 1. The number of carbonyl (C=O) groups is 1. The van der Waals surface area contributed by atoms with Gasteiger partial charge in [0.05, 0.1) is 5.69 Å². The van der Waals surface area contributed by atoms with E-state index < -0.39 is 22.6 Å². The molecular formula is C13H13NO5S2. The number of ether oxygens (including phenoxy) is 1. The second-order valence-corrected chi connectivity index (χ2v) is 7.38. The van der Waals surface area contributed by atoms with Gasteiger partial charge >= 0.3 is 5.97 Å². The predicted molar refractivity (Wildman–Crippen MR) is 79.4 cm³/mol. The molecule has 1 aromatic heterocycles. The molecule has 2 aromatic rings. The van der Waals surface area contributed by atoms with Crippen molar-refractivity contribution in [3.05, 3.63) is 41.3 Å². The van der Waals surface area contributed by atoms with Crippen molar-refractivity contribution in [3.63, 3.8) is 0 Å². The number of carboxylic acids is 1. The van der Waals surface area contributed by atoms with Crippen LogP contribution in [0, 0.1) is 6.92 Å². The molecular weight excluding hydrogens is 314 g/mol. The summed E-state index contributed by atoms with van der Waals surface area (Å²) in [7, 11) is -3.64. The number of benzene rings is 1. The molecule has 0 atom stereocenters. The number of rotatable bonds is 6. The van der Waals surface area contributed by atoms with Crippen LogP contribution in [0.15, 0.2) is 40.6 Å². The lowest BCUT2D eigenvalue weighted by Gasteiger charge is -2.08. The molecule has 0 bridgehead atoms. The molecule has 0 saturated carbocycles. The number of sulfonamides is 1. The van der Waals surface area contributed by atoms with Crippen molar-refractivity contribution in [3.8, 4) is 5.75 Å². The summed E-state index contributed by atoms with van der Waals surface area (Å²) >= 11 is 1.17. The zero-order valence-electron chi connectivity index (χ0n) is 11.1. The third-order valence-corrected chi connectivity index (χ3v) is 5.30. The highest BCUT2D eigenvalue weighted by Crippen LogP contribution is 2.25. The minimum Gasteiger partial charge on any atom is -0.482 e. The maximum Gasteiger partial charge on any atom is 0.341 e. The summed E-state index contributed by atoms with van der Waals surface area (Å²) in [6.45, 7) is 1.34. The molecule has 0 radical (unpaired) electrons. The molecule has 0 aliphatic carbocycles. The first-order valence-electron chi connectivity index (χ1n) is 5.91. The predicted octanol–water partition coefficient (Wildman–Crippen LogP) is 2.32. The van der Waals surface area contributed by atoms with Gasteiger partial charge < -0.3 is 9.84 Å². The molecule has 0 fully saturated rings. The van der Waals surface area contributed by atoms with Crippen LogP contribution in [0.5, 0.6) is 5.75 Å². The second-order valence-electron chi connectivity index (χ2n) is 4.18. The van der Waals surface area contributed by atoms with Gasteiger partial charge in [0.2, 0.25) is 0 Å². The Labute approximate surface area is 126 Å². The Balaban J connectivity index is 2.16. The fourth-order valence-corrected chi connectivity index (χ4v) is 3.89. The Hall–Kier alpha value is -2.06. The fraction of sp³-hybridized carbons (Fsp3) is 0.154. The molecule has 6 nitrogen and oxygen atoms in total. The number of carboxylic acid groups (broad SMARTS) is 1. The SMILES string of the molecule is Cc1ccc(S(=O)(=O)Nc2cccc(OCC(=O)O)c2)s1. The average Bonchev–Trinajstić information content (AvgIpc) is 2.84. The number of aryl methyl sites for hydroxylation is 1.